The molecule has 186 valence electrons. The van der Waals surface area contributed by atoms with Crippen LogP contribution >= 0.6 is 0 Å². The van der Waals surface area contributed by atoms with Gasteiger partial charge in [0.2, 0.25) is 5.88 Å². The molecule has 0 aliphatic heterocycles. The van der Waals surface area contributed by atoms with Crippen LogP contribution in [0, 0.1) is 13.8 Å². The first kappa shape index (κ1) is 25.1. The Hall–Kier alpha value is -2.97. The molecule has 0 amide bonds. The maximum absolute atomic E-state index is 13.1. The van der Waals surface area contributed by atoms with Crippen molar-refractivity contribution in [2.75, 3.05) is 6.61 Å². The van der Waals surface area contributed by atoms with Gasteiger partial charge in [-0.2, -0.15) is 0 Å². The van der Waals surface area contributed by atoms with Gasteiger partial charge in [0.1, 0.15) is 12.5 Å². The van der Waals surface area contributed by atoms with E-state index in [0.29, 0.717) is 35.4 Å². The van der Waals surface area contributed by atoms with Crippen LogP contribution < -0.4 is 16.0 Å². The van der Waals surface area contributed by atoms with Gasteiger partial charge >= 0.3 is 5.69 Å². The van der Waals surface area contributed by atoms with Crippen LogP contribution in [0.3, 0.4) is 0 Å². The van der Waals surface area contributed by atoms with E-state index in [-0.39, 0.29) is 18.0 Å². The average molecular weight is 494 g/mol. The number of benzene rings is 1. The second-order valence-electron chi connectivity index (χ2n) is 10.6. The topological polar surface area (TPSA) is 75.3 Å². The second-order valence-corrected chi connectivity index (χ2v) is 16.3. The van der Waals surface area contributed by atoms with Crippen LogP contribution in [0.15, 0.2) is 46.1 Å². The summed E-state index contributed by atoms with van der Waals surface area (Å²) in [6.45, 7) is 11.0. The number of hydrogen-bond acceptors (Lipinski definition) is 5. The zero-order valence-electron chi connectivity index (χ0n) is 21.6. The lowest BCUT2D eigenvalue weighted by Crippen LogP contribution is -2.41. The number of pyridine rings is 1. The molecule has 35 heavy (non-hydrogen) atoms. The zero-order chi connectivity index (χ0) is 25.3. The Bertz CT molecular complexity index is 1310. The smallest absolute Gasteiger partial charge is 0.333 e. The largest absolute Gasteiger partial charge is 0.439 e. The molecule has 0 unspecified atom stereocenters. The SMILES string of the molecule is Cc1cc(Oc2ncccc2C2CC2)ccc1-c1c(C)c(=O)n(COCC[Si](C)(C)C)c(=O)n1C. The molecule has 1 saturated carbocycles. The van der Waals surface area contributed by atoms with Crippen molar-refractivity contribution in [2.24, 2.45) is 7.05 Å². The fraction of sp³-hybridized carbons (Fsp3) is 0.444. The van der Waals surface area contributed by atoms with Crippen LogP contribution in [0.5, 0.6) is 11.6 Å². The summed E-state index contributed by atoms with van der Waals surface area (Å²) in [7, 11) is 0.448. The molecule has 3 aromatic rings. The minimum Gasteiger partial charge on any atom is -0.439 e. The fourth-order valence-electron chi connectivity index (χ4n) is 4.22. The van der Waals surface area contributed by atoms with Gasteiger partial charge in [0.05, 0.1) is 5.69 Å². The number of hydrogen-bond donors (Lipinski definition) is 0. The van der Waals surface area contributed by atoms with Crippen molar-refractivity contribution in [3.05, 3.63) is 74.1 Å². The van der Waals surface area contributed by atoms with Crippen molar-refractivity contribution < 1.29 is 9.47 Å². The summed E-state index contributed by atoms with van der Waals surface area (Å²) in [5.41, 5.74) is 3.29. The Labute approximate surface area is 207 Å². The minimum absolute atomic E-state index is 0.0315. The molecule has 0 N–H and O–H groups in total. The maximum Gasteiger partial charge on any atom is 0.333 e. The van der Waals surface area contributed by atoms with Crippen LogP contribution in [0.4, 0.5) is 0 Å². The Kier molecular flexibility index (Phi) is 7.14. The lowest BCUT2D eigenvalue weighted by molar-refractivity contribution is 0.0805. The van der Waals surface area contributed by atoms with Gasteiger partial charge < -0.3 is 9.47 Å². The average Bonchev–Trinajstić information content (AvgIpc) is 3.64. The molecule has 1 fully saturated rings. The molecule has 2 heterocycles. The van der Waals surface area contributed by atoms with Crippen molar-refractivity contribution in [3.63, 3.8) is 0 Å². The van der Waals surface area contributed by atoms with E-state index in [9.17, 15) is 9.59 Å². The second kappa shape index (κ2) is 9.95. The molecule has 0 atom stereocenters. The molecule has 0 spiro atoms. The molecule has 0 saturated heterocycles. The third-order valence-electron chi connectivity index (χ3n) is 6.48. The molecule has 0 bridgehead atoms. The maximum atomic E-state index is 13.1. The standard InChI is InChI=1S/C27H35N3O4Si/c1-18-16-21(34-25-23(20-9-10-20)8-7-13-28-25)11-12-22(18)24-19(2)26(31)30(27(32)29(24)3)17-33-14-15-35(4,5)6/h7-8,11-13,16,20H,9-10,14-15,17H2,1-6H3. The molecule has 1 aliphatic rings. The third-order valence-corrected chi connectivity index (χ3v) is 8.18. The van der Waals surface area contributed by atoms with Crippen molar-refractivity contribution in [3.8, 4) is 22.9 Å². The van der Waals surface area contributed by atoms with E-state index in [2.05, 4.69) is 30.7 Å². The first-order chi connectivity index (χ1) is 16.6. The summed E-state index contributed by atoms with van der Waals surface area (Å²) in [6, 6.07) is 10.7. The molecular formula is C27H35N3O4Si. The van der Waals surface area contributed by atoms with E-state index in [1.807, 2.05) is 31.2 Å². The number of aryl methyl sites for hydroxylation is 1. The summed E-state index contributed by atoms with van der Waals surface area (Å²) in [6.07, 6.45) is 4.08. The van der Waals surface area contributed by atoms with Gasteiger partial charge in [-0.1, -0.05) is 25.7 Å². The minimum atomic E-state index is -1.25. The molecule has 8 heteroatoms. The van der Waals surface area contributed by atoms with Crippen LogP contribution in [-0.2, 0) is 18.5 Å². The van der Waals surface area contributed by atoms with E-state index in [0.717, 1.165) is 22.7 Å². The Balaban J connectivity index is 1.60. The van der Waals surface area contributed by atoms with Gasteiger partial charge in [0.15, 0.2) is 0 Å². The van der Waals surface area contributed by atoms with E-state index >= 15 is 0 Å². The molecule has 1 aromatic carbocycles. The van der Waals surface area contributed by atoms with Gasteiger partial charge in [-0.15, -0.1) is 0 Å². The van der Waals surface area contributed by atoms with Crippen molar-refractivity contribution in [1.29, 1.82) is 0 Å². The highest BCUT2D eigenvalue weighted by atomic mass is 28.3. The van der Waals surface area contributed by atoms with Gasteiger partial charge in [-0.25, -0.2) is 14.3 Å². The van der Waals surface area contributed by atoms with E-state index in [4.69, 9.17) is 9.47 Å². The Morgan fingerprint density at radius 3 is 2.51 bits per heavy atom. The fourth-order valence-corrected chi connectivity index (χ4v) is 4.98. The summed E-state index contributed by atoms with van der Waals surface area (Å²) in [5.74, 6) is 1.85. The lowest BCUT2D eigenvalue weighted by atomic mass is 10.0. The number of aromatic nitrogens is 3. The van der Waals surface area contributed by atoms with Crippen LogP contribution in [0.2, 0.25) is 25.7 Å². The van der Waals surface area contributed by atoms with Crippen LogP contribution in [0.25, 0.3) is 11.3 Å². The van der Waals surface area contributed by atoms with Crippen molar-refractivity contribution in [2.45, 2.75) is 65.0 Å². The van der Waals surface area contributed by atoms with E-state index in [1.54, 1.807) is 20.2 Å². The molecule has 2 aromatic heterocycles. The van der Waals surface area contributed by atoms with Crippen LogP contribution in [0.1, 0.15) is 35.4 Å². The molecule has 7 nitrogen and oxygen atoms in total. The summed E-state index contributed by atoms with van der Waals surface area (Å²) in [4.78, 5) is 30.6. The Morgan fingerprint density at radius 1 is 1.11 bits per heavy atom. The Morgan fingerprint density at radius 2 is 1.86 bits per heavy atom. The number of rotatable bonds is 9. The number of nitrogens with zero attached hydrogens (tertiary/aromatic N) is 3. The highest BCUT2D eigenvalue weighted by Gasteiger charge is 2.27. The van der Waals surface area contributed by atoms with Gasteiger partial charge in [-0.3, -0.25) is 9.36 Å². The quantitative estimate of drug-likeness (QED) is 0.302. The van der Waals surface area contributed by atoms with Crippen molar-refractivity contribution >= 4 is 8.07 Å². The first-order valence-electron chi connectivity index (χ1n) is 12.2. The lowest BCUT2D eigenvalue weighted by Gasteiger charge is -2.18. The predicted molar refractivity (Wildman–Crippen MR) is 141 cm³/mol. The summed E-state index contributed by atoms with van der Waals surface area (Å²) in [5, 5.41) is 0. The summed E-state index contributed by atoms with van der Waals surface area (Å²) >= 11 is 0. The predicted octanol–water partition coefficient (Wildman–Crippen LogP) is 5.21. The van der Waals surface area contributed by atoms with Gasteiger partial charge in [-0.05, 0) is 68.5 Å². The molecule has 4 rings (SSSR count). The van der Waals surface area contributed by atoms with Gasteiger partial charge in [0.25, 0.3) is 5.56 Å². The van der Waals surface area contributed by atoms with E-state index in [1.165, 1.54) is 22.0 Å². The highest BCUT2D eigenvalue weighted by molar-refractivity contribution is 6.76. The molecular weight excluding hydrogens is 458 g/mol. The van der Waals surface area contributed by atoms with Crippen molar-refractivity contribution in [1.82, 2.24) is 14.1 Å². The highest BCUT2D eigenvalue weighted by Crippen LogP contribution is 2.44. The third kappa shape index (κ3) is 5.65. The van der Waals surface area contributed by atoms with Crippen LogP contribution in [-0.4, -0.2) is 28.8 Å². The first-order valence-corrected chi connectivity index (χ1v) is 15.9. The van der Waals surface area contributed by atoms with E-state index < -0.39 is 8.07 Å². The normalized spacial score (nSPS) is 13.8. The summed E-state index contributed by atoms with van der Waals surface area (Å²) < 4.78 is 14.5. The molecule has 1 aliphatic carbocycles. The number of ether oxygens (including phenoxy) is 2. The molecule has 0 radical (unpaired) electrons. The van der Waals surface area contributed by atoms with Gasteiger partial charge in [0, 0.05) is 44.6 Å². The monoisotopic (exact) mass is 493 g/mol. The zero-order valence-corrected chi connectivity index (χ0v) is 22.6.